The lowest BCUT2D eigenvalue weighted by Gasteiger charge is -2.28. The van der Waals surface area contributed by atoms with Gasteiger partial charge >= 0.3 is 0 Å². The molecular formula is C30H36N2O5. The van der Waals surface area contributed by atoms with Crippen LogP contribution in [0.2, 0.25) is 0 Å². The minimum Gasteiger partial charge on any atom is -0.459 e. The lowest BCUT2D eigenvalue weighted by Crippen LogP contribution is -2.42. The molecule has 1 aromatic heterocycles. The number of amides is 1. The number of carbonyl (C=O) groups excluding carboxylic acids is 3. The molecule has 4 atom stereocenters. The third-order valence-corrected chi connectivity index (χ3v) is 8.66. The zero-order valence-electron chi connectivity index (χ0n) is 21.4. The van der Waals surface area contributed by atoms with Crippen molar-refractivity contribution < 1.29 is 23.5 Å². The monoisotopic (exact) mass is 504 g/mol. The van der Waals surface area contributed by atoms with E-state index in [0.29, 0.717) is 38.8 Å². The SMILES string of the molecule is O=C1CCC(=O)C(N2CC3C(OCc4cc5cc(CN6CCCCC6)ccc5o4)C=CCC3C2=O)CC1. The molecule has 7 heteroatoms. The molecule has 0 bridgehead atoms. The lowest BCUT2D eigenvalue weighted by molar-refractivity contribution is -0.138. The van der Waals surface area contributed by atoms with E-state index in [2.05, 4.69) is 35.2 Å². The molecule has 1 aromatic carbocycles. The summed E-state index contributed by atoms with van der Waals surface area (Å²) in [7, 11) is 0. The number of nitrogens with zero attached hydrogens (tertiary/aromatic N) is 2. The quantitative estimate of drug-likeness (QED) is 0.428. The highest BCUT2D eigenvalue weighted by molar-refractivity contribution is 5.95. The minimum atomic E-state index is -0.472. The van der Waals surface area contributed by atoms with Crippen LogP contribution < -0.4 is 0 Å². The van der Waals surface area contributed by atoms with Crippen molar-refractivity contribution in [1.29, 1.82) is 0 Å². The topological polar surface area (TPSA) is 80.1 Å². The number of ether oxygens (including phenoxy) is 1. The molecule has 2 aromatic rings. The number of allylic oxidation sites excluding steroid dienone is 1. The number of carbonyl (C=O) groups is 3. The molecule has 2 aliphatic heterocycles. The number of rotatable bonds is 6. The van der Waals surface area contributed by atoms with Gasteiger partial charge in [0.1, 0.15) is 23.7 Å². The first-order valence-electron chi connectivity index (χ1n) is 13.9. The van der Waals surface area contributed by atoms with Crippen molar-refractivity contribution in [1.82, 2.24) is 9.80 Å². The second-order valence-corrected chi connectivity index (χ2v) is 11.2. The Labute approximate surface area is 217 Å². The lowest BCUT2D eigenvalue weighted by atomic mass is 9.83. The van der Waals surface area contributed by atoms with Crippen molar-refractivity contribution in [3.63, 3.8) is 0 Å². The van der Waals surface area contributed by atoms with Crippen molar-refractivity contribution >= 4 is 28.4 Å². The number of furan rings is 1. The summed E-state index contributed by atoms with van der Waals surface area (Å²) in [4.78, 5) is 42.1. The molecule has 4 aliphatic rings. The Hall–Kier alpha value is -2.77. The molecule has 2 aliphatic carbocycles. The van der Waals surface area contributed by atoms with Crippen LogP contribution in [0.5, 0.6) is 0 Å². The van der Waals surface area contributed by atoms with Crippen LogP contribution >= 0.6 is 0 Å². The van der Waals surface area contributed by atoms with Gasteiger partial charge < -0.3 is 14.1 Å². The standard InChI is InChI=1S/C30H36N2O5/c33-22-8-10-26(27(34)11-9-22)32-18-25-24(30(32)35)5-4-6-29(25)36-19-23-16-21-15-20(7-12-28(21)37-23)17-31-13-2-1-3-14-31/h4,6-7,12,15-16,24-26,29H,1-3,5,8-11,13-14,17-19H2. The highest BCUT2D eigenvalue weighted by Crippen LogP contribution is 2.38. The van der Waals surface area contributed by atoms with E-state index in [1.54, 1.807) is 4.90 Å². The summed E-state index contributed by atoms with van der Waals surface area (Å²) >= 11 is 0. The third kappa shape index (κ3) is 5.16. The highest BCUT2D eigenvalue weighted by atomic mass is 16.5. The zero-order valence-corrected chi connectivity index (χ0v) is 21.4. The van der Waals surface area contributed by atoms with Crippen LogP contribution in [0.15, 0.2) is 40.8 Å². The second-order valence-electron chi connectivity index (χ2n) is 11.2. The van der Waals surface area contributed by atoms with Gasteiger partial charge in [-0.3, -0.25) is 19.3 Å². The van der Waals surface area contributed by atoms with Crippen molar-refractivity contribution in [2.24, 2.45) is 11.8 Å². The van der Waals surface area contributed by atoms with E-state index in [0.717, 1.165) is 23.3 Å². The van der Waals surface area contributed by atoms with E-state index in [1.165, 1.54) is 37.9 Å². The Morgan fingerprint density at radius 3 is 2.73 bits per heavy atom. The van der Waals surface area contributed by atoms with Crippen LogP contribution in [0.3, 0.4) is 0 Å². The molecule has 2 saturated heterocycles. The number of piperidine rings is 1. The normalized spacial score (nSPS) is 29.2. The summed E-state index contributed by atoms with van der Waals surface area (Å²) in [5.74, 6) is 0.775. The maximum absolute atomic E-state index is 13.3. The zero-order chi connectivity index (χ0) is 25.4. The van der Waals surface area contributed by atoms with Crippen molar-refractivity contribution in [3.8, 4) is 0 Å². The summed E-state index contributed by atoms with van der Waals surface area (Å²) in [6, 6.07) is 8.01. The van der Waals surface area contributed by atoms with Gasteiger partial charge in [-0.25, -0.2) is 0 Å². The summed E-state index contributed by atoms with van der Waals surface area (Å²) in [6.07, 6.45) is 9.81. The van der Waals surface area contributed by atoms with Gasteiger partial charge in [0.25, 0.3) is 0 Å². The van der Waals surface area contributed by atoms with Crippen LogP contribution in [0.1, 0.15) is 62.7 Å². The molecule has 37 heavy (non-hydrogen) atoms. The molecule has 6 rings (SSSR count). The van der Waals surface area contributed by atoms with E-state index in [1.807, 2.05) is 6.08 Å². The Kier molecular flexibility index (Phi) is 7.00. The average molecular weight is 505 g/mol. The Bertz CT molecular complexity index is 1210. The first kappa shape index (κ1) is 24.6. The minimum absolute atomic E-state index is 0.00442. The molecule has 3 heterocycles. The predicted molar refractivity (Wildman–Crippen MR) is 139 cm³/mol. The molecule has 4 unspecified atom stereocenters. The van der Waals surface area contributed by atoms with Gasteiger partial charge in [-0.1, -0.05) is 24.6 Å². The molecule has 3 fully saturated rings. The Morgan fingerprint density at radius 2 is 1.86 bits per heavy atom. The maximum Gasteiger partial charge on any atom is 0.227 e. The van der Waals surface area contributed by atoms with Gasteiger partial charge in [-0.15, -0.1) is 0 Å². The van der Waals surface area contributed by atoms with Gasteiger partial charge in [0, 0.05) is 49.6 Å². The number of ketones is 2. The van der Waals surface area contributed by atoms with E-state index < -0.39 is 6.04 Å². The Morgan fingerprint density at radius 1 is 1.00 bits per heavy atom. The van der Waals surface area contributed by atoms with Crippen LogP contribution in [0.25, 0.3) is 11.0 Å². The molecular weight excluding hydrogens is 468 g/mol. The first-order valence-corrected chi connectivity index (χ1v) is 13.9. The molecule has 1 saturated carbocycles. The molecule has 7 nitrogen and oxygen atoms in total. The Balaban J connectivity index is 1.10. The first-order chi connectivity index (χ1) is 18.0. The van der Waals surface area contributed by atoms with Crippen LogP contribution in [0.4, 0.5) is 0 Å². The molecule has 0 N–H and O–H groups in total. The van der Waals surface area contributed by atoms with E-state index in [4.69, 9.17) is 9.15 Å². The predicted octanol–water partition coefficient (Wildman–Crippen LogP) is 4.42. The van der Waals surface area contributed by atoms with Gasteiger partial charge in [0.05, 0.1) is 12.1 Å². The van der Waals surface area contributed by atoms with Gasteiger partial charge in [-0.05, 0) is 62.5 Å². The summed E-state index contributed by atoms with van der Waals surface area (Å²) < 4.78 is 12.4. The second kappa shape index (κ2) is 10.5. The summed E-state index contributed by atoms with van der Waals surface area (Å²) in [6.45, 7) is 4.16. The molecule has 0 spiro atoms. The van der Waals surface area contributed by atoms with Gasteiger partial charge in [-0.2, -0.15) is 0 Å². The van der Waals surface area contributed by atoms with E-state index >= 15 is 0 Å². The van der Waals surface area contributed by atoms with Crippen LogP contribution in [0, 0.1) is 11.8 Å². The number of hydrogen-bond acceptors (Lipinski definition) is 6. The largest absolute Gasteiger partial charge is 0.459 e. The summed E-state index contributed by atoms with van der Waals surface area (Å²) in [5.41, 5.74) is 2.17. The van der Waals surface area contributed by atoms with Crippen molar-refractivity contribution in [2.75, 3.05) is 19.6 Å². The fraction of sp³-hybridized carbons (Fsp3) is 0.567. The number of Topliss-reactive ketones (excluding diaryl/α,β-unsaturated/α-hetero) is 2. The molecule has 196 valence electrons. The van der Waals surface area contributed by atoms with Crippen LogP contribution in [-0.2, 0) is 32.3 Å². The fourth-order valence-electron chi connectivity index (χ4n) is 6.62. The molecule has 0 radical (unpaired) electrons. The molecule has 1 amide bonds. The average Bonchev–Trinajstić information content (AvgIpc) is 3.42. The third-order valence-electron chi connectivity index (χ3n) is 8.66. The van der Waals surface area contributed by atoms with E-state index in [-0.39, 0.29) is 41.8 Å². The van der Waals surface area contributed by atoms with Gasteiger partial charge in [0.15, 0.2) is 5.78 Å². The number of hydrogen-bond donors (Lipinski definition) is 0. The van der Waals surface area contributed by atoms with Crippen molar-refractivity contribution in [2.45, 2.75) is 76.7 Å². The smallest absolute Gasteiger partial charge is 0.227 e. The highest BCUT2D eigenvalue weighted by Gasteiger charge is 2.48. The van der Waals surface area contributed by atoms with Crippen LogP contribution in [-0.4, -0.2) is 59.1 Å². The van der Waals surface area contributed by atoms with Crippen molar-refractivity contribution in [3.05, 3.63) is 47.7 Å². The number of fused-ring (bicyclic) bond motifs is 2. The number of likely N-dealkylation sites (tertiary alicyclic amines) is 2. The van der Waals surface area contributed by atoms with E-state index in [9.17, 15) is 14.4 Å². The summed E-state index contributed by atoms with van der Waals surface area (Å²) in [5, 5.41) is 1.09. The van der Waals surface area contributed by atoms with Gasteiger partial charge in [0.2, 0.25) is 5.91 Å². The number of benzene rings is 1. The maximum atomic E-state index is 13.3. The fourth-order valence-corrected chi connectivity index (χ4v) is 6.62.